The molecule has 0 amide bonds. The summed E-state index contributed by atoms with van der Waals surface area (Å²) < 4.78 is 0. The molecule has 0 aromatic heterocycles. The second kappa shape index (κ2) is 7.88. The van der Waals surface area contributed by atoms with Crippen molar-refractivity contribution in [2.45, 2.75) is 53.0 Å². The van der Waals surface area contributed by atoms with Gasteiger partial charge in [-0.15, -0.1) is 12.3 Å². The van der Waals surface area contributed by atoms with Crippen molar-refractivity contribution in [1.82, 2.24) is 5.32 Å². The van der Waals surface area contributed by atoms with E-state index in [0.29, 0.717) is 6.04 Å². The van der Waals surface area contributed by atoms with E-state index in [9.17, 15) is 0 Å². The van der Waals surface area contributed by atoms with E-state index in [1.807, 2.05) is 0 Å². The molecule has 2 atom stereocenters. The molecular formula is C13H25N. The summed E-state index contributed by atoms with van der Waals surface area (Å²) in [5, 5.41) is 3.48. The SMILES string of the molecule is C#CCCCC(C)C(C)CNC(C)C. The minimum atomic E-state index is 0.593. The van der Waals surface area contributed by atoms with Crippen LogP contribution in [0.4, 0.5) is 0 Å². The van der Waals surface area contributed by atoms with Crippen LogP contribution in [0.3, 0.4) is 0 Å². The molecule has 1 N–H and O–H groups in total. The van der Waals surface area contributed by atoms with Crippen molar-refractivity contribution < 1.29 is 0 Å². The van der Waals surface area contributed by atoms with Gasteiger partial charge in [0.1, 0.15) is 0 Å². The zero-order valence-electron chi connectivity index (χ0n) is 10.1. The minimum absolute atomic E-state index is 0.593. The van der Waals surface area contributed by atoms with Crippen LogP contribution >= 0.6 is 0 Å². The third-order valence-electron chi connectivity index (χ3n) is 2.80. The molecule has 0 saturated carbocycles. The molecule has 0 spiro atoms. The van der Waals surface area contributed by atoms with Crippen LogP contribution in [0.25, 0.3) is 0 Å². The highest BCUT2D eigenvalue weighted by Gasteiger charge is 2.11. The Morgan fingerprint density at radius 2 is 1.79 bits per heavy atom. The molecule has 1 heteroatoms. The molecule has 0 aromatic rings. The second-order valence-corrected chi connectivity index (χ2v) is 4.61. The lowest BCUT2D eigenvalue weighted by atomic mass is 9.91. The summed E-state index contributed by atoms with van der Waals surface area (Å²) in [6.45, 7) is 10.1. The molecule has 2 unspecified atom stereocenters. The fraction of sp³-hybridized carbons (Fsp3) is 0.846. The molecule has 0 aliphatic heterocycles. The maximum Gasteiger partial charge on any atom is 0.00861 e. The van der Waals surface area contributed by atoms with E-state index in [2.05, 4.69) is 38.9 Å². The number of unbranched alkanes of at least 4 members (excludes halogenated alkanes) is 1. The van der Waals surface area contributed by atoms with Gasteiger partial charge in [-0.05, 0) is 31.2 Å². The van der Waals surface area contributed by atoms with Crippen LogP contribution in [-0.4, -0.2) is 12.6 Å². The molecule has 1 nitrogen and oxygen atoms in total. The molecule has 0 bridgehead atoms. The summed E-state index contributed by atoms with van der Waals surface area (Å²) in [6, 6.07) is 0.593. The van der Waals surface area contributed by atoms with Crippen LogP contribution in [0.2, 0.25) is 0 Å². The zero-order valence-corrected chi connectivity index (χ0v) is 10.1. The molecule has 0 radical (unpaired) electrons. The quantitative estimate of drug-likeness (QED) is 0.486. The van der Waals surface area contributed by atoms with E-state index >= 15 is 0 Å². The van der Waals surface area contributed by atoms with Crippen LogP contribution in [0.1, 0.15) is 47.0 Å². The maximum absolute atomic E-state index is 5.23. The average molecular weight is 195 g/mol. The monoisotopic (exact) mass is 195 g/mol. The minimum Gasteiger partial charge on any atom is -0.314 e. The Labute approximate surface area is 89.7 Å². The number of hydrogen-bond acceptors (Lipinski definition) is 1. The Balaban J connectivity index is 3.55. The van der Waals surface area contributed by atoms with Crippen LogP contribution in [-0.2, 0) is 0 Å². The van der Waals surface area contributed by atoms with E-state index in [1.165, 1.54) is 12.8 Å². The third-order valence-corrected chi connectivity index (χ3v) is 2.80. The summed E-state index contributed by atoms with van der Waals surface area (Å²) in [7, 11) is 0. The van der Waals surface area contributed by atoms with E-state index in [1.54, 1.807) is 0 Å². The van der Waals surface area contributed by atoms with Gasteiger partial charge in [0.2, 0.25) is 0 Å². The molecule has 0 heterocycles. The Bertz CT molecular complexity index is 167. The first-order valence-electron chi connectivity index (χ1n) is 5.74. The van der Waals surface area contributed by atoms with Gasteiger partial charge in [0, 0.05) is 12.5 Å². The van der Waals surface area contributed by atoms with E-state index in [-0.39, 0.29) is 0 Å². The van der Waals surface area contributed by atoms with Gasteiger partial charge in [0.05, 0.1) is 0 Å². The first-order valence-corrected chi connectivity index (χ1v) is 5.74. The highest BCUT2D eigenvalue weighted by molar-refractivity contribution is 4.83. The predicted octanol–water partition coefficient (Wildman–Crippen LogP) is 3.06. The Morgan fingerprint density at radius 3 is 2.29 bits per heavy atom. The summed E-state index contributed by atoms with van der Waals surface area (Å²) >= 11 is 0. The standard InChI is InChI=1S/C13H25N/c1-6-7-8-9-12(4)13(5)10-14-11(2)3/h1,11-14H,7-10H2,2-5H3. The topological polar surface area (TPSA) is 12.0 Å². The van der Waals surface area contributed by atoms with Crippen LogP contribution in [0.5, 0.6) is 0 Å². The zero-order chi connectivity index (χ0) is 11.0. The fourth-order valence-electron chi connectivity index (χ4n) is 1.43. The molecule has 14 heavy (non-hydrogen) atoms. The summed E-state index contributed by atoms with van der Waals surface area (Å²) in [6.07, 6.45) is 8.58. The van der Waals surface area contributed by atoms with Gasteiger partial charge < -0.3 is 5.32 Å². The fourth-order valence-corrected chi connectivity index (χ4v) is 1.43. The second-order valence-electron chi connectivity index (χ2n) is 4.61. The van der Waals surface area contributed by atoms with E-state index < -0.39 is 0 Å². The molecule has 0 saturated heterocycles. The van der Waals surface area contributed by atoms with E-state index in [4.69, 9.17) is 6.42 Å². The van der Waals surface area contributed by atoms with Gasteiger partial charge in [-0.25, -0.2) is 0 Å². The lowest BCUT2D eigenvalue weighted by Gasteiger charge is -2.21. The molecule has 0 rings (SSSR count). The first-order chi connectivity index (χ1) is 6.57. The van der Waals surface area contributed by atoms with Crippen molar-refractivity contribution in [3.8, 4) is 12.3 Å². The van der Waals surface area contributed by atoms with Crippen molar-refractivity contribution in [3.05, 3.63) is 0 Å². The van der Waals surface area contributed by atoms with Crippen molar-refractivity contribution >= 4 is 0 Å². The Hall–Kier alpha value is -0.480. The van der Waals surface area contributed by atoms with Gasteiger partial charge in [-0.1, -0.05) is 27.7 Å². The normalized spacial score (nSPS) is 15.1. The maximum atomic E-state index is 5.23. The lowest BCUT2D eigenvalue weighted by molar-refractivity contribution is 0.333. The molecular weight excluding hydrogens is 170 g/mol. The highest BCUT2D eigenvalue weighted by Crippen LogP contribution is 2.17. The highest BCUT2D eigenvalue weighted by atomic mass is 14.9. The Morgan fingerprint density at radius 1 is 1.14 bits per heavy atom. The van der Waals surface area contributed by atoms with E-state index in [0.717, 1.165) is 24.8 Å². The first kappa shape index (κ1) is 13.5. The smallest absolute Gasteiger partial charge is 0.00861 e. The number of rotatable bonds is 7. The predicted molar refractivity (Wildman–Crippen MR) is 64.2 cm³/mol. The van der Waals surface area contributed by atoms with Crippen LogP contribution < -0.4 is 5.32 Å². The van der Waals surface area contributed by atoms with Crippen molar-refractivity contribution in [2.24, 2.45) is 11.8 Å². The van der Waals surface area contributed by atoms with Crippen LogP contribution in [0.15, 0.2) is 0 Å². The van der Waals surface area contributed by atoms with Gasteiger partial charge in [-0.3, -0.25) is 0 Å². The summed E-state index contributed by atoms with van der Waals surface area (Å²) in [5.41, 5.74) is 0. The number of nitrogens with one attached hydrogen (secondary N) is 1. The van der Waals surface area contributed by atoms with Crippen molar-refractivity contribution in [3.63, 3.8) is 0 Å². The van der Waals surface area contributed by atoms with Crippen molar-refractivity contribution in [1.29, 1.82) is 0 Å². The van der Waals surface area contributed by atoms with Crippen LogP contribution in [0, 0.1) is 24.2 Å². The van der Waals surface area contributed by atoms with Gasteiger partial charge in [0.15, 0.2) is 0 Å². The molecule has 82 valence electrons. The number of hydrogen-bond donors (Lipinski definition) is 1. The number of terminal acetylenes is 1. The third kappa shape index (κ3) is 6.97. The van der Waals surface area contributed by atoms with Gasteiger partial charge >= 0.3 is 0 Å². The summed E-state index contributed by atoms with van der Waals surface area (Å²) in [4.78, 5) is 0. The molecule has 0 aliphatic carbocycles. The van der Waals surface area contributed by atoms with Gasteiger partial charge in [-0.2, -0.15) is 0 Å². The average Bonchev–Trinajstić information content (AvgIpc) is 2.14. The molecule has 0 aliphatic rings. The largest absolute Gasteiger partial charge is 0.314 e. The molecule has 0 fully saturated rings. The van der Waals surface area contributed by atoms with Gasteiger partial charge in [0.25, 0.3) is 0 Å². The van der Waals surface area contributed by atoms with Crippen molar-refractivity contribution in [2.75, 3.05) is 6.54 Å². The Kier molecular flexibility index (Phi) is 7.61. The lowest BCUT2D eigenvalue weighted by Crippen LogP contribution is -2.30. The summed E-state index contributed by atoms with van der Waals surface area (Å²) in [5.74, 6) is 4.21. The molecule has 0 aromatic carbocycles.